The lowest BCUT2D eigenvalue weighted by Crippen LogP contribution is -2.47. The maximum atomic E-state index is 13.0. The molecule has 25 heavy (non-hydrogen) atoms. The smallest absolute Gasteiger partial charge is 0.257 e. The minimum Gasteiger partial charge on any atom is -0.396 e. The van der Waals surface area contributed by atoms with Crippen LogP contribution in [0, 0.1) is 0 Å². The van der Waals surface area contributed by atoms with Gasteiger partial charge in [-0.15, -0.1) is 0 Å². The van der Waals surface area contributed by atoms with Gasteiger partial charge in [-0.3, -0.25) is 4.79 Å². The number of carbonyl (C=O) groups is 1. The van der Waals surface area contributed by atoms with Crippen molar-refractivity contribution in [2.24, 2.45) is 0 Å². The van der Waals surface area contributed by atoms with Crippen molar-refractivity contribution in [3.63, 3.8) is 0 Å². The molecule has 4 nitrogen and oxygen atoms in total. The fourth-order valence-electron chi connectivity index (χ4n) is 3.39. The number of ether oxygens (including phenoxy) is 1. The summed E-state index contributed by atoms with van der Waals surface area (Å²) >= 11 is 6.06. The van der Waals surface area contributed by atoms with Crippen molar-refractivity contribution in [3.8, 4) is 0 Å². The number of amides is 1. The zero-order chi connectivity index (χ0) is 17.9. The van der Waals surface area contributed by atoms with Crippen LogP contribution in [0.2, 0.25) is 5.02 Å². The zero-order valence-electron chi connectivity index (χ0n) is 14.2. The van der Waals surface area contributed by atoms with Crippen molar-refractivity contribution in [1.82, 2.24) is 4.90 Å². The number of benzene rings is 2. The van der Waals surface area contributed by atoms with E-state index in [0.29, 0.717) is 30.2 Å². The molecule has 0 spiro atoms. The summed E-state index contributed by atoms with van der Waals surface area (Å²) in [5.41, 5.74) is 1.38. The van der Waals surface area contributed by atoms with Crippen LogP contribution < -0.4 is 0 Å². The van der Waals surface area contributed by atoms with Gasteiger partial charge in [-0.2, -0.15) is 0 Å². The highest BCUT2D eigenvalue weighted by molar-refractivity contribution is 6.30. The Morgan fingerprint density at radius 2 is 1.88 bits per heavy atom. The molecule has 0 unspecified atom stereocenters. The zero-order valence-corrected chi connectivity index (χ0v) is 15.0. The number of hydrogen-bond acceptors (Lipinski definition) is 3. The predicted molar refractivity (Wildman–Crippen MR) is 97.7 cm³/mol. The van der Waals surface area contributed by atoms with Gasteiger partial charge in [-0.05, 0) is 31.0 Å². The van der Waals surface area contributed by atoms with E-state index in [1.54, 1.807) is 4.90 Å². The van der Waals surface area contributed by atoms with E-state index in [9.17, 15) is 4.79 Å². The maximum absolute atomic E-state index is 13.0. The van der Waals surface area contributed by atoms with E-state index < -0.39 is 5.72 Å². The lowest BCUT2D eigenvalue weighted by atomic mass is 9.93. The summed E-state index contributed by atoms with van der Waals surface area (Å²) in [6.07, 6.45) is 1.32. The van der Waals surface area contributed by atoms with E-state index in [-0.39, 0.29) is 12.5 Å². The molecular weight excluding hydrogens is 338 g/mol. The van der Waals surface area contributed by atoms with Gasteiger partial charge in [-0.25, -0.2) is 0 Å². The normalized spacial score (nSPS) is 19.3. The Bertz CT molecular complexity index is 747. The van der Waals surface area contributed by atoms with Gasteiger partial charge in [0.1, 0.15) is 0 Å². The second-order valence-corrected chi connectivity index (χ2v) is 6.52. The van der Waals surface area contributed by atoms with Crippen molar-refractivity contribution < 1.29 is 14.6 Å². The van der Waals surface area contributed by atoms with Gasteiger partial charge in [-0.1, -0.05) is 48.9 Å². The van der Waals surface area contributed by atoms with Crippen LogP contribution in [0.5, 0.6) is 0 Å². The molecule has 3 rings (SSSR count). The van der Waals surface area contributed by atoms with Crippen LogP contribution in [0.3, 0.4) is 0 Å². The molecule has 5 heteroatoms. The number of carbonyl (C=O) groups excluding carboxylic acids is 1. The SMILES string of the molecule is CCCN1C(=O)c2ccccc2[C@]1(OCCCO)c1ccc(Cl)cc1. The van der Waals surface area contributed by atoms with Crippen LogP contribution in [0.1, 0.15) is 41.3 Å². The summed E-state index contributed by atoms with van der Waals surface area (Å²) < 4.78 is 6.32. The molecule has 2 aromatic carbocycles. The Labute approximate surface area is 153 Å². The summed E-state index contributed by atoms with van der Waals surface area (Å²) in [6.45, 7) is 3.01. The molecule has 0 radical (unpaired) electrons. The summed E-state index contributed by atoms with van der Waals surface area (Å²) in [5, 5.41) is 9.80. The van der Waals surface area contributed by atoms with Gasteiger partial charge in [0.25, 0.3) is 5.91 Å². The van der Waals surface area contributed by atoms with Gasteiger partial charge >= 0.3 is 0 Å². The van der Waals surface area contributed by atoms with E-state index in [1.165, 1.54) is 0 Å². The molecule has 0 aromatic heterocycles. The largest absolute Gasteiger partial charge is 0.396 e. The Morgan fingerprint density at radius 1 is 1.16 bits per heavy atom. The van der Waals surface area contributed by atoms with E-state index in [2.05, 4.69) is 0 Å². The second-order valence-electron chi connectivity index (χ2n) is 6.08. The van der Waals surface area contributed by atoms with E-state index in [4.69, 9.17) is 21.4 Å². The Hall–Kier alpha value is -1.88. The van der Waals surface area contributed by atoms with Crippen LogP contribution >= 0.6 is 11.6 Å². The number of nitrogens with zero attached hydrogens (tertiary/aromatic N) is 1. The first-order chi connectivity index (χ1) is 12.1. The highest BCUT2D eigenvalue weighted by atomic mass is 35.5. The van der Waals surface area contributed by atoms with Gasteiger partial charge in [0, 0.05) is 34.9 Å². The van der Waals surface area contributed by atoms with Crippen LogP contribution in [0.4, 0.5) is 0 Å². The molecule has 132 valence electrons. The number of rotatable bonds is 7. The fourth-order valence-corrected chi connectivity index (χ4v) is 3.52. The number of aliphatic hydroxyl groups is 1. The third-order valence-electron chi connectivity index (χ3n) is 4.44. The molecule has 0 saturated carbocycles. The van der Waals surface area contributed by atoms with E-state index in [0.717, 1.165) is 17.5 Å². The lowest BCUT2D eigenvalue weighted by Gasteiger charge is -2.39. The highest BCUT2D eigenvalue weighted by Gasteiger charge is 2.51. The summed E-state index contributed by atoms with van der Waals surface area (Å²) in [4.78, 5) is 14.8. The number of aliphatic hydroxyl groups excluding tert-OH is 1. The number of hydrogen-bond donors (Lipinski definition) is 1. The maximum Gasteiger partial charge on any atom is 0.257 e. The van der Waals surface area contributed by atoms with Gasteiger partial charge in [0.05, 0.1) is 6.61 Å². The third-order valence-corrected chi connectivity index (χ3v) is 4.70. The molecule has 1 N–H and O–H groups in total. The first-order valence-corrected chi connectivity index (χ1v) is 8.95. The fraction of sp³-hybridized carbons (Fsp3) is 0.350. The van der Waals surface area contributed by atoms with Gasteiger partial charge in [0.2, 0.25) is 0 Å². The van der Waals surface area contributed by atoms with Gasteiger partial charge in [0.15, 0.2) is 5.72 Å². The molecule has 0 fully saturated rings. The van der Waals surface area contributed by atoms with E-state index in [1.807, 2.05) is 55.5 Å². The minimum absolute atomic E-state index is 0.0311. The van der Waals surface area contributed by atoms with Crippen molar-refractivity contribution in [1.29, 1.82) is 0 Å². The van der Waals surface area contributed by atoms with E-state index >= 15 is 0 Å². The second kappa shape index (κ2) is 7.56. The molecule has 1 amide bonds. The number of halogens is 1. The number of fused-ring (bicyclic) bond motifs is 1. The molecule has 2 aromatic rings. The first kappa shape index (κ1) is 17.9. The Morgan fingerprint density at radius 3 is 2.56 bits per heavy atom. The molecule has 0 aliphatic carbocycles. The van der Waals surface area contributed by atoms with Crippen molar-refractivity contribution >= 4 is 17.5 Å². The quantitative estimate of drug-likeness (QED) is 0.765. The van der Waals surface area contributed by atoms with Gasteiger partial charge < -0.3 is 14.7 Å². The molecule has 1 aliphatic rings. The van der Waals surface area contributed by atoms with Crippen LogP contribution in [-0.2, 0) is 10.5 Å². The molecule has 1 aliphatic heterocycles. The van der Waals surface area contributed by atoms with Crippen LogP contribution in [-0.4, -0.2) is 35.7 Å². The molecule has 0 saturated heterocycles. The van der Waals surface area contributed by atoms with Crippen molar-refractivity contribution in [2.45, 2.75) is 25.5 Å². The van der Waals surface area contributed by atoms with Crippen LogP contribution in [0.25, 0.3) is 0 Å². The summed E-state index contributed by atoms with van der Waals surface area (Å²) in [5.74, 6) is -0.0311. The first-order valence-electron chi connectivity index (χ1n) is 8.57. The van der Waals surface area contributed by atoms with Crippen molar-refractivity contribution in [3.05, 3.63) is 70.2 Å². The van der Waals surface area contributed by atoms with Crippen molar-refractivity contribution in [2.75, 3.05) is 19.8 Å². The van der Waals surface area contributed by atoms with Crippen LogP contribution in [0.15, 0.2) is 48.5 Å². The summed E-state index contributed by atoms with van der Waals surface area (Å²) in [6, 6.07) is 15.0. The third kappa shape index (κ3) is 3.06. The monoisotopic (exact) mass is 359 g/mol. The highest BCUT2D eigenvalue weighted by Crippen LogP contribution is 2.45. The lowest BCUT2D eigenvalue weighted by molar-refractivity contribution is -0.110. The minimum atomic E-state index is -0.983. The molecule has 1 atom stereocenters. The standard InChI is InChI=1S/C20H22ClNO3/c1-2-12-22-19(24)17-6-3-4-7-18(17)20(22,25-14-5-13-23)15-8-10-16(21)11-9-15/h3-4,6-11,23H,2,5,12-14H2,1H3/t20-/m1/s1. The topological polar surface area (TPSA) is 49.8 Å². The average Bonchev–Trinajstić information content (AvgIpc) is 2.87. The molecule has 0 bridgehead atoms. The summed E-state index contributed by atoms with van der Waals surface area (Å²) in [7, 11) is 0. The Balaban J connectivity index is 2.18. The average molecular weight is 360 g/mol. The Kier molecular flexibility index (Phi) is 5.42. The predicted octanol–water partition coefficient (Wildman–Crippen LogP) is 3.81. The molecular formula is C20H22ClNO3. The molecule has 1 heterocycles.